The van der Waals surface area contributed by atoms with Gasteiger partial charge in [-0.15, -0.1) is 0 Å². The van der Waals surface area contributed by atoms with Crippen molar-refractivity contribution in [3.05, 3.63) is 40.0 Å². The standard InChI is InChI=1S/C8H5Br2N3/c9-7-4-13(5-12-7)6-2-1-3-11-8(6)10/h1-5H/i4D,5D. The van der Waals surface area contributed by atoms with Gasteiger partial charge in [0.2, 0.25) is 0 Å². The molecular weight excluding hydrogens is 298 g/mol. The van der Waals surface area contributed by atoms with Gasteiger partial charge >= 0.3 is 0 Å². The largest absolute Gasteiger partial charge is 0.302 e. The average molecular weight is 305 g/mol. The molecule has 0 spiro atoms. The molecule has 0 aromatic carbocycles. The predicted octanol–water partition coefficient (Wildman–Crippen LogP) is 2.79. The van der Waals surface area contributed by atoms with Gasteiger partial charge in [-0.05, 0) is 44.0 Å². The van der Waals surface area contributed by atoms with E-state index < -0.39 is 0 Å². The summed E-state index contributed by atoms with van der Waals surface area (Å²) in [4.78, 5) is 7.87. The number of imidazole rings is 1. The minimum atomic E-state index is 0.000532. The topological polar surface area (TPSA) is 30.7 Å². The zero-order valence-corrected chi connectivity index (χ0v) is 9.50. The van der Waals surface area contributed by atoms with E-state index in [1.54, 1.807) is 18.3 Å². The minimum absolute atomic E-state index is 0.000532. The van der Waals surface area contributed by atoms with Gasteiger partial charge in [0.05, 0.1) is 7.06 Å². The first-order valence-corrected chi connectivity index (χ1v) is 5.02. The van der Waals surface area contributed by atoms with Crippen molar-refractivity contribution < 1.29 is 2.74 Å². The lowest BCUT2D eigenvalue weighted by atomic mass is 10.4. The van der Waals surface area contributed by atoms with Crippen LogP contribution in [0.1, 0.15) is 2.74 Å². The third-order valence-electron chi connectivity index (χ3n) is 1.43. The molecular formula is C8H5Br2N3. The van der Waals surface area contributed by atoms with Gasteiger partial charge < -0.3 is 4.57 Å². The summed E-state index contributed by atoms with van der Waals surface area (Å²) in [5.74, 6) is 0. The van der Waals surface area contributed by atoms with Gasteiger partial charge in [0.25, 0.3) is 0 Å². The first kappa shape index (κ1) is 6.73. The van der Waals surface area contributed by atoms with Crippen molar-refractivity contribution in [1.82, 2.24) is 14.5 Å². The van der Waals surface area contributed by atoms with E-state index in [0.29, 0.717) is 14.9 Å². The molecule has 2 rings (SSSR count). The van der Waals surface area contributed by atoms with Crippen LogP contribution in [-0.4, -0.2) is 14.5 Å². The molecule has 0 fully saturated rings. The molecule has 13 heavy (non-hydrogen) atoms. The number of hydrogen-bond acceptors (Lipinski definition) is 2. The Hall–Kier alpha value is -0.680. The monoisotopic (exact) mass is 303 g/mol. The first-order chi connectivity index (χ1) is 7.11. The fourth-order valence-corrected chi connectivity index (χ4v) is 1.58. The molecule has 2 heterocycles. The van der Waals surface area contributed by atoms with E-state index in [2.05, 4.69) is 41.8 Å². The Morgan fingerprint density at radius 1 is 1.38 bits per heavy atom. The Bertz CT molecular complexity index is 513. The van der Waals surface area contributed by atoms with Gasteiger partial charge in [0, 0.05) is 12.4 Å². The van der Waals surface area contributed by atoms with Gasteiger partial charge in [-0.3, -0.25) is 0 Å². The van der Waals surface area contributed by atoms with E-state index in [1.165, 1.54) is 4.57 Å². The summed E-state index contributed by atoms with van der Waals surface area (Å²) in [6, 6.07) is 3.51. The molecule has 0 saturated heterocycles. The average Bonchev–Trinajstić information content (AvgIpc) is 2.43. The van der Waals surface area contributed by atoms with Crippen molar-refractivity contribution in [2.75, 3.05) is 0 Å². The van der Waals surface area contributed by atoms with Crippen LogP contribution in [-0.2, 0) is 0 Å². The normalized spacial score (nSPS) is 12.5. The Morgan fingerprint density at radius 3 is 2.85 bits per heavy atom. The molecule has 0 aliphatic carbocycles. The molecule has 2 aromatic rings. The van der Waals surface area contributed by atoms with Crippen LogP contribution < -0.4 is 0 Å². The number of rotatable bonds is 1. The summed E-state index contributed by atoms with van der Waals surface area (Å²) in [6.07, 6.45) is 1.77. The maximum atomic E-state index is 7.74. The van der Waals surface area contributed by atoms with Crippen molar-refractivity contribution in [2.45, 2.75) is 0 Å². The predicted molar refractivity (Wildman–Crippen MR) is 56.8 cm³/mol. The fraction of sp³-hybridized carbons (Fsp3) is 0. The van der Waals surface area contributed by atoms with E-state index in [4.69, 9.17) is 2.74 Å². The smallest absolute Gasteiger partial charge is 0.130 e. The maximum Gasteiger partial charge on any atom is 0.130 e. The molecule has 0 aliphatic rings. The van der Waals surface area contributed by atoms with Crippen LogP contribution in [0.4, 0.5) is 0 Å². The number of aromatic nitrogens is 3. The van der Waals surface area contributed by atoms with E-state index >= 15 is 0 Å². The van der Waals surface area contributed by atoms with Crippen molar-refractivity contribution in [3.63, 3.8) is 0 Å². The van der Waals surface area contributed by atoms with Crippen LogP contribution in [0.5, 0.6) is 0 Å². The van der Waals surface area contributed by atoms with Gasteiger partial charge in [-0.25, -0.2) is 9.97 Å². The van der Waals surface area contributed by atoms with Crippen LogP contribution in [0.15, 0.2) is 40.0 Å². The highest BCUT2D eigenvalue weighted by Gasteiger charge is 2.02. The molecule has 2 aromatic heterocycles. The zero-order chi connectivity index (χ0) is 11.0. The highest BCUT2D eigenvalue weighted by molar-refractivity contribution is 9.10. The zero-order valence-electron chi connectivity index (χ0n) is 8.33. The van der Waals surface area contributed by atoms with E-state index in [-0.39, 0.29) is 12.5 Å². The van der Waals surface area contributed by atoms with E-state index in [9.17, 15) is 0 Å². The second-order valence-electron chi connectivity index (χ2n) is 2.26. The molecule has 0 atom stereocenters. The van der Waals surface area contributed by atoms with Gasteiger partial charge in [-0.1, -0.05) is 0 Å². The Kier molecular flexibility index (Phi) is 1.86. The summed E-state index contributed by atoms with van der Waals surface area (Å²) in [5.41, 5.74) is 0.630. The van der Waals surface area contributed by atoms with Crippen LogP contribution in [0.25, 0.3) is 5.69 Å². The van der Waals surface area contributed by atoms with Crippen LogP contribution in [0.2, 0.25) is 0 Å². The molecule has 0 bridgehead atoms. The fourth-order valence-electron chi connectivity index (χ4n) is 0.895. The number of nitrogens with zero attached hydrogens (tertiary/aromatic N) is 3. The molecule has 0 unspecified atom stereocenters. The Morgan fingerprint density at radius 2 is 2.23 bits per heavy atom. The number of hydrogen-bond donors (Lipinski definition) is 0. The molecule has 0 saturated carbocycles. The lowest BCUT2D eigenvalue weighted by molar-refractivity contribution is 1.02. The van der Waals surface area contributed by atoms with Gasteiger partial charge in [-0.2, -0.15) is 0 Å². The summed E-state index contributed by atoms with van der Waals surface area (Å²) >= 11 is 6.38. The van der Waals surface area contributed by atoms with Crippen molar-refractivity contribution in [3.8, 4) is 5.69 Å². The molecule has 0 N–H and O–H groups in total. The highest BCUT2D eigenvalue weighted by Crippen LogP contribution is 2.18. The summed E-state index contributed by atoms with van der Waals surface area (Å²) in [7, 11) is 0. The van der Waals surface area contributed by atoms with Crippen molar-refractivity contribution in [2.24, 2.45) is 0 Å². The third-order valence-corrected chi connectivity index (χ3v) is 2.40. The first-order valence-electron chi connectivity index (χ1n) is 4.43. The Labute approximate surface area is 94.9 Å². The molecule has 3 nitrogen and oxygen atoms in total. The second-order valence-corrected chi connectivity index (χ2v) is 3.77. The number of halogens is 2. The second kappa shape index (κ2) is 3.59. The van der Waals surface area contributed by atoms with Gasteiger partial charge in [0.15, 0.2) is 0 Å². The highest BCUT2D eigenvalue weighted by atomic mass is 79.9. The Balaban J connectivity index is 2.69. The third kappa shape index (κ3) is 1.81. The minimum Gasteiger partial charge on any atom is -0.302 e. The van der Waals surface area contributed by atoms with E-state index in [1.807, 2.05) is 0 Å². The van der Waals surface area contributed by atoms with Crippen LogP contribution in [0.3, 0.4) is 0 Å². The lowest BCUT2D eigenvalue weighted by Gasteiger charge is -2.02. The van der Waals surface area contributed by atoms with Gasteiger partial charge in [0.1, 0.15) is 16.9 Å². The molecule has 0 aliphatic heterocycles. The van der Waals surface area contributed by atoms with Crippen LogP contribution >= 0.6 is 31.9 Å². The molecule has 0 amide bonds. The summed E-state index contributed by atoms with van der Waals surface area (Å²) in [5, 5.41) is 0. The van der Waals surface area contributed by atoms with E-state index in [0.717, 1.165) is 0 Å². The summed E-state index contributed by atoms with van der Waals surface area (Å²) < 4.78 is 17.7. The molecule has 66 valence electrons. The summed E-state index contributed by atoms with van der Waals surface area (Å²) in [6.45, 7) is 0. The maximum absolute atomic E-state index is 7.74. The molecule has 0 radical (unpaired) electrons. The van der Waals surface area contributed by atoms with Crippen LogP contribution in [0, 0.1) is 0 Å². The SMILES string of the molecule is [2H]c1nc(Br)c([2H])n1-c1cccnc1Br. The quantitative estimate of drug-likeness (QED) is 0.759. The molecule has 5 heteroatoms. The van der Waals surface area contributed by atoms with Crippen molar-refractivity contribution in [1.29, 1.82) is 0 Å². The lowest BCUT2D eigenvalue weighted by Crippen LogP contribution is -1.92. The number of pyridine rings is 1. The van der Waals surface area contributed by atoms with Crippen molar-refractivity contribution >= 4 is 31.9 Å².